The van der Waals surface area contributed by atoms with Crippen LogP contribution >= 0.6 is 11.6 Å². The molecule has 0 radical (unpaired) electrons. The van der Waals surface area contributed by atoms with Crippen molar-refractivity contribution in [1.29, 1.82) is 0 Å². The SMILES string of the molecule is COc1cc(C(=O)CCC(C)(O)c2cc(C(C)(C)N)cc(-c3ccnc(Cl)c3)n2)ccc1OC1CC1. The minimum absolute atomic E-state index is 0.108. The Labute approximate surface area is 216 Å². The largest absolute Gasteiger partial charge is 0.493 e. The first kappa shape index (κ1) is 26.1. The molecule has 0 bridgehead atoms. The molecule has 2 aromatic heterocycles. The van der Waals surface area contributed by atoms with E-state index in [1.807, 2.05) is 19.9 Å². The third-order valence-electron chi connectivity index (χ3n) is 6.29. The van der Waals surface area contributed by atoms with Crippen LogP contribution in [-0.4, -0.2) is 34.1 Å². The highest BCUT2D eigenvalue weighted by Crippen LogP contribution is 2.35. The van der Waals surface area contributed by atoms with Gasteiger partial charge in [0, 0.05) is 29.3 Å². The molecule has 0 spiro atoms. The van der Waals surface area contributed by atoms with E-state index in [4.69, 9.17) is 31.8 Å². The van der Waals surface area contributed by atoms with Crippen LogP contribution in [0.25, 0.3) is 11.3 Å². The summed E-state index contributed by atoms with van der Waals surface area (Å²) in [5, 5.41) is 11.8. The lowest BCUT2D eigenvalue weighted by atomic mass is 9.88. The molecule has 0 amide bonds. The molecule has 2 heterocycles. The lowest BCUT2D eigenvalue weighted by Crippen LogP contribution is -2.31. The summed E-state index contributed by atoms with van der Waals surface area (Å²) in [5.41, 5.74) is 7.46. The van der Waals surface area contributed by atoms with Crippen LogP contribution in [0, 0.1) is 0 Å². The number of pyridine rings is 2. The third-order valence-corrected chi connectivity index (χ3v) is 6.49. The number of halogens is 1. The molecule has 36 heavy (non-hydrogen) atoms. The molecule has 1 unspecified atom stereocenters. The van der Waals surface area contributed by atoms with E-state index in [0.717, 1.165) is 24.0 Å². The number of nitrogens with two attached hydrogens (primary N) is 1. The van der Waals surface area contributed by atoms with E-state index in [1.165, 1.54) is 0 Å². The zero-order valence-electron chi connectivity index (χ0n) is 21.0. The van der Waals surface area contributed by atoms with Gasteiger partial charge in [-0.25, -0.2) is 9.97 Å². The van der Waals surface area contributed by atoms with Crippen LogP contribution in [0.15, 0.2) is 48.7 Å². The average Bonchev–Trinajstić information content (AvgIpc) is 3.66. The summed E-state index contributed by atoms with van der Waals surface area (Å²) in [6.07, 6.45) is 4.19. The number of hydrogen-bond donors (Lipinski definition) is 2. The monoisotopic (exact) mass is 509 g/mol. The molecule has 1 aromatic carbocycles. The number of aromatic nitrogens is 2. The molecule has 0 saturated heterocycles. The molecule has 3 N–H and O–H groups in total. The molecule has 1 fully saturated rings. The number of nitrogens with zero attached hydrogens (tertiary/aromatic N) is 2. The van der Waals surface area contributed by atoms with Crippen LogP contribution in [0.5, 0.6) is 11.5 Å². The van der Waals surface area contributed by atoms with Crippen molar-refractivity contribution in [3.05, 3.63) is 70.6 Å². The van der Waals surface area contributed by atoms with Gasteiger partial charge in [-0.05, 0) is 88.1 Å². The number of Topliss-reactive ketones (excluding diaryl/α,β-unsaturated/α-hetero) is 1. The van der Waals surface area contributed by atoms with E-state index in [0.29, 0.717) is 33.6 Å². The van der Waals surface area contributed by atoms with Crippen molar-refractivity contribution in [1.82, 2.24) is 9.97 Å². The Morgan fingerprint density at radius 3 is 2.53 bits per heavy atom. The predicted molar refractivity (Wildman–Crippen MR) is 139 cm³/mol. The van der Waals surface area contributed by atoms with E-state index < -0.39 is 11.1 Å². The average molecular weight is 510 g/mol. The zero-order chi connectivity index (χ0) is 26.1. The minimum atomic E-state index is -1.37. The Bertz CT molecular complexity index is 1270. The van der Waals surface area contributed by atoms with Gasteiger partial charge in [-0.15, -0.1) is 0 Å². The van der Waals surface area contributed by atoms with Gasteiger partial charge in [0.15, 0.2) is 17.3 Å². The summed E-state index contributed by atoms with van der Waals surface area (Å²) in [5.74, 6) is 1.06. The first-order chi connectivity index (χ1) is 17.0. The normalized spacial score (nSPS) is 15.3. The molecule has 1 atom stereocenters. The van der Waals surface area contributed by atoms with Gasteiger partial charge in [0.1, 0.15) is 10.8 Å². The van der Waals surface area contributed by atoms with Gasteiger partial charge in [-0.2, -0.15) is 0 Å². The molecule has 190 valence electrons. The maximum atomic E-state index is 13.0. The minimum Gasteiger partial charge on any atom is -0.493 e. The Kier molecular flexibility index (Phi) is 7.36. The molecular formula is C28H32ClN3O4. The van der Waals surface area contributed by atoms with Crippen LogP contribution in [0.2, 0.25) is 5.15 Å². The van der Waals surface area contributed by atoms with Gasteiger partial charge in [0.25, 0.3) is 0 Å². The highest BCUT2D eigenvalue weighted by atomic mass is 35.5. The number of carbonyl (C=O) groups is 1. The van der Waals surface area contributed by atoms with Gasteiger partial charge in [-0.1, -0.05) is 11.6 Å². The van der Waals surface area contributed by atoms with E-state index in [-0.39, 0.29) is 24.7 Å². The second-order valence-corrected chi connectivity index (χ2v) is 10.5. The standard InChI is InChI=1S/C28H32ClN3O4/c1-27(2,30)19-15-21(17-10-12-31-26(29)14-17)32-25(16-19)28(3,34)11-9-22(33)18-5-8-23(24(13-18)35-4)36-20-6-7-20/h5,8,10,12-16,20,34H,6-7,9,11,30H2,1-4H3. The second kappa shape index (κ2) is 10.2. The highest BCUT2D eigenvalue weighted by Gasteiger charge is 2.30. The van der Waals surface area contributed by atoms with Crippen LogP contribution in [0.3, 0.4) is 0 Å². The number of ketones is 1. The van der Waals surface area contributed by atoms with E-state index in [1.54, 1.807) is 56.6 Å². The highest BCUT2D eigenvalue weighted by molar-refractivity contribution is 6.29. The van der Waals surface area contributed by atoms with E-state index >= 15 is 0 Å². The predicted octanol–water partition coefficient (Wildman–Crippen LogP) is 5.41. The quantitative estimate of drug-likeness (QED) is 0.278. The second-order valence-electron chi connectivity index (χ2n) is 10.1. The first-order valence-electron chi connectivity index (χ1n) is 12.0. The van der Waals surface area contributed by atoms with Crippen molar-refractivity contribution in [2.45, 2.75) is 63.7 Å². The van der Waals surface area contributed by atoms with Gasteiger partial charge >= 0.3 is 0 Å². The Hall–Kier alpha value is -3.00. The Balaban J connectivity index is 1.56. The maximum absolute atomic E-state index is 13.0. The van der Waals surface area contributed by atoms with Crippen molar-refractivity contribution in [3.63, 3.8) is 0 Å². The fourth-order valence-corrected chi connectivity index (χ4v) is 4.00. The van der Waals surface area contributed by atoms with Crippen molar-refractivity contribution >= 4 is 17.4 Å². The maximum Gasteiger partial charge on any atom is 0.163 e. The Morgan fingerprint density at radius 2 is 1.89 bits per heavy atom. The number of aliphatic hydroxyl groups is 1. The zero-order valence-corrected chi connectivity index (χ0v) is 21.8. The topological polar surface area (TPSA) is 108 Å². The van der Waals surface area contributed by atoms with Gasteiger partial charge in [0.05, 0.1) is 24.6 Å². The summed E-state index contributed by atoms with van der Waals surface area (Å²) in [6.45, 7) is 5.43. The molecule has 3 aromatic rings. The van der Waals surface area contributed by atoms with Crippen molar-refractivity contribution in [2.24, 2.45) is 5.73 Å². The fourth-order valence-electron chi connectivity index (χ4n) is 3.82. The van der Waals surface area contributed by atoms with Crippen LogP contribution in [0.4, 0.5) is 0 Å². The van der Waals surface area contributed by atoms with Gasteiger partial charge in [0.2, 0.25) is 0 Å². The molecular weight excluding hydrogens is 478 g/mol. The fraction of sp³-hybridized carbons (Fsp3) is 0.393. The molecule has 4 rings (SSSR count). The van der Waals surface area contributed by atoms with Crippen molar-refractivity contribution in [3.8, 4) is 22.8 Å². The summed E-state index contributed by atoms with van der Waals surface area (Å²) >= 11 is 6.09. The summed E-state index contributed by atoms with van der Waals surface area (Å²) in [7, 11) is 1.55. The lowest BCUT2D eigenvalue weighted by Gasteiger charge is -2.27. The number of carbonyl (C=O) groups excluding carboxylic acids is 1. The lowest BCUT2D eigenvalue weighted by molar-refractivity contribution is 0.0396. The van der Waals surface area contributed by atoms with Crippen molar-refractivity contribution in [2.75, 3.05) is 7.11 Å². The van der Waals surface area contributed by atoms with Gasteiger partial charge < -0.3 is 20.3 Å². The number of methoxy groups -OCH3 is 1. The van der Waals surface area contributed by atoms with E-state index in [9.17, 15) is 9.90 Å². The molecule has 8 heteroatoms. The molecule has 0 aliphatic heterocycles. The molecule has 1 aliphatic carbocycles. The Morgan fingerprint density at radius 1 is 1.14 bits per heavy atom. The van der Waals surface area contributed by atoms with Crippen molar-refractivity contribution < 1.29 is 19.4 Å². The van der Waals surface area contributed by atoms with E-state index in [2.05, 4.69) is 4.98 Å². The van der Waals surface area contributed by atoms with Crippen LogP contribution in [-0.2, 0) is 11.1 Å². The molecule has 1 aliphatic rings. The summed E-state index contributed by atoms with van der Waals surface area (Å²) < 4.78 is 11.3. The number of rotatable bonds is 10. The number of benzene rings is 1. The smallest absolute Gasteiger partial charge is 0.163 e. The summed E-state index contributed by atoms with van der Waals surface area (Å²) in [4.78, 5) is 21.8. The number of hydrogen-bond acceptors (Lipinski definition) is 7. The molecule has 7 nitrogen and oxygen atoms in total. The molecule has 1 saturated carbocycles. The van der Waals surface area contributed by atoms with Crippen LogP contribution in [0.1, 0.15) is 68.1 Å². The van der Waals surface area contributed by atoms with Crippen LogP contribution < -0.4 is 15.2 Å². The summed E-state index contributed by atoms with van der Waals surface area (Å²) in [6, 6.07) is 12.4. The number of ether oxygens (including phenoxy) is 2. The van der Waals surface area contributed by atoms with Gasteiger partial charge in [-0.3, -0.25) is 4.79 Å². The third kappa shape index (κ3) is 6.22. The first-order valence-corrected chi connectivity index (χ1v) is 12.4.